The maximum atomic E-state index is 13.4. The number of aromatic hydroxyl groups is 1. The van der Waals surface area contributed by atoms with E-state index < -0.39 is 11.4 Å². The minimum absolute atomic E-state index is 0.00998. The van der Waals surface area contributed by atoms with Gasteiger partial charge in [0.25, 0.3) is 0 Å². The van der Waals surface area contributed by atoms with Crippen LogP contribution in [0.25, 0.3) is 11.2 Å². The standard InChI is InChI=1S/C18H23FN6O2/c1-10(18(2,3)27)22-17-23-15(14-16(24-17)25(4)9-21-14)20-8-11-7-12(19)5-6-13(11)26/h5-7,9-10,26-27H,8H2,1-4H3,(H2,20,22,23,24). The zero-order chi connectivity index (χ0) is 19.8. The third-order valence-corrected chi connectivity index (χ3v) is 4.45. The SMILES string of the molecule is CC(Nc1nc(NCc2cc(F)ccc2O)c2ncn(C)c2n1)C(C)(C)O. The fraction of sp³-hybridized carbons (Fsp3) is 0.389. The van der Waals surface area contributed by atoms with Crippen molar-refractivity contribution in [3.8, 4) is 5.75 Å². The number of benzene rings is 1. The van der Waals surface area contributed by atoms with Crippen LogP contribution in [0.3, 0.4) is 0 Å². The quantitative estimate of drug-likeness (QED) is 0.525. The number of aryl methyl sites for hydroxylation is 1. The van der Waals surface area contributed by atoms with Gasteiger partial charge < -0.3 is 25.4 Å². The third kappa shape index (κ3) is 4.08. The molecule has 144 valence electrons. The van der Waals surface area contributed by atoms with Gasteiger partial charge in [-0.1, -0.05) is 0 Å². The summed E-state index contributed by atoms with van der Waals surface area (Å²) in [6, 6.07) is 3.46. The average molecular weight is 374 g/mol. The molecule has 3 aromatic rings. The molecule has 0 saturated heterocycles. The zero-order valence-corrected chi connectivity index (χ0v) is 15.7. The lowest BCUT2D eigenvalue weighted by Gasteiger charge is -2.26. The van der Waals surface area contributed by atoms with Crippen LogP contribution in [0.1, 0.15) is 26.3 Å². The molecule has 0 amide bonds. The van der Waals surface area contributed by atoms with Gasteiger partial charge in [0.05, 0.1) is 18.0 Å². The van der Waals surface area contributed by atoms with E-state index in [2.05, 4.69) is 25.6 Å². The van der Waals surface area contributed by atoms with Crippen LogP contribution in [0.2, 0.25) is 0 Å². The molecular weight excluding hydrogens is 351 g/mol. The number of aliphatic hydroxyl groups is 1. The van der Waals surface area contributed by atoms with Crippen LogP contribution in [-0.4, -0.2) is 41.4 Å². The number of nitrogens with one attached hydrogen (secondary N) is 2. The van der Waals surface area contributed by atoms with E-state index in [9.17, 15) is 14.6 Å². The molecule has 2 aromatic heterocycles. The van der Waals surface area contributed by atoms with Crippen molar-refractivity contribution in [2.75, 3.05) is 10.6 Å². The Hall–Kier alpha value is -2.94. The molecule has 0 aliphatic carbocycles. The summed E-state index contributed by atoms with van der Waals surface area (Å²) in [6.45, 7) is 5.37. The van der Waals surface area contributed by atoms with E-state index in [-0.39, 0.29) is 18.3 Å². The van der Waals surface area contributed by atoms with Crippen LogP contribution in [0.15, 0.2) is 24.5 Å². The molecule has 4 N–H and O–H groups in total. The van der Waals surface area contributed by atoms with Gasteiger partial charge in [-0.15, -0.1) is 0 Å². The van der Waals surface area contributed by atoms with Crippen molar-refractivity contribution < 1.29 is 14.6 Å². The maximum Gasteiger partial charge on any atom is 0.227 e. The Morgan fingerprint density at radius 3 is 2.74 bits per heavy atom. The molecule has 0 radical (unpaired) electrons. The smallest absolute Gasteiger partial charge is 0.227 e. The van der Waals surface area contributed by atoms with E-state index in [1.54, 1.807) is 24.7 Å². The molecule has 0 spiro atoms. The average Bonchev–Trinajstić information content (AvgIpc) is 2.96. The Morgan fingerprint density at radius 1 is 1.30 bits per heavy atom. The predicted molar refractivity (Wildman–Crippen MR) is 101 cm³/mol. The second-order valence-corrected chi connectivity index (χ2v) is 7.07. The number of phenols is 1. The summed E-state index contributed by atoms with van der Waals surface area (Å²) in [5.41, 5.74) is 0.583. The van der Waals surface area contributed by atoms with Gasteiger partial charge in [0.2, 0.25) is 5.95 Å². The number of hydrogen-bond acceptors (Lipinski definition) is 7. The topological polar surface area (TPSA) is 108 Å². The van der Waals surface area contributed by atoms with Crippen LogP contribution in [0.4, 0.5) is 16.2 Å². The van der Waals surface area contributed by atoms with Crippen molar-refractivity contribution >= 4 is 22.9 Å². The van der Waals surface area contributed by atoms with Crippen molar-refractivity contribution in [2.24, 2.45) is 7.05 Å². The van der Waals surface area contributed by atoms with E-state index in [0.29, 0.717) is 28.5 Å². The fourth-order valence-electron chi connectivity index (χ4n) is 2.44. The van der Waals surface area contributed by atoms with Gasteiger partial charge in [-0.05, 0) is 39.0 Å². The highest BCUT2D eigenvalue weighted by atomic mass is 19.1. The lowest BCUT2D eigenvalue weighted by atomic mass is 10.0. The molecule has 2 heterocycles. The number of phenolic OH excluding ortho intramolecular Hbond substituents is 1. The van der Waals surface area contributed by atoms with Crippen molar-refractivity contribution in [1.29, 1.82) is 0 Å². The van der Waals surface area contributed by atoms with Crippen molar-refractivity contribution in [3.63, 3.8) is 0 Å². The molecule has 1 unspecified atom stereocenters. The zero-order valence-electron chi connectivity index (χ0n) is 15.7. The first-order chi connectivity index (χ1) is 12.6. The van der Waals surface area contributed by atoms with Gasteiger partial charge in [-0.2, -0.15) is 9.97 Å². The van der Waals surface area contributed by atoms with E-state index in [0.717, 1.165) is 0 Å². The van der Waals surface area contributed by atoms with E-state index >= 15 is 0 Å². The first-order valence-electron chi connectivity index (χ1n) is 8.54. The molecule has 1 atom stereocenters. The molecule has 3 rings (SSSR count). The Bertz CT molecular complexity index is 966. The highest BCUT2D eigenvalue weighted by molar-refractivity contribution is 5.84. The largest absolute Gasteiger partial charge is 0.508 e. The summed E-state index contributed by atoms with van der Waals surface area (Å²) in [5, 5.41) is 26.2. The first kappa shape index (κ1) is 18.8. The summed E-state index contributed by atoms with van der Waals surface area (Å²) in [5.74, 6) is 0.322. The minimum atomic E-state index is -0.967. The lowest BCUT2D eigenvalue weighted by molar-refractivity contribution is 0.0646. The van der Waals surface area contributed by atoms with Gasteiger partial charge in [0.1, 0.15) is 11.6 Å². The lowest BCUT2D eigenvalue weighted by Crippen LogP contribution is -2.39. The van der Waals surface area contributed by atoms with E-state index in [1.807, 2.05) is 14.0 Å². The van der Waals surface area contributed by atoms with Gasteiger partial charge in [0.15, 0.2) is 17.0 Å². The van der Waals surface area contributed by atoms with Crippen LogP contribution in [0, 0.1) is 5.82 Å². The minimum Gasteiger partial charge on any atom is -0.508 e. The predicted octanol–water partition coefficient (Wildman–Crippen LogP) is 2.39. The summed E-state index contributed by atoms with van der Waals surface area (Å²) in [6.07, 6.45) is 1.62. The molecule has 0 saturated carbocycles. The molecule has 8 nitrogen and oxygen atoms in total. The molecule has 27 heavy (non-hydrogen) atoms. The molecule has 0 aliphatic heterocycles. The van der Waals surface area contributed by atoms with Crippen molar-refractivity contribution in [3.05, 3.63) is 35.9 Å². The van der Waals surface area contributed by atoms with Crippen LogP contribution < -0.4 is 10.6 Å². The van der Waals surface area contributed by atoms with Crippen molar-refractivity contribution in [2.45, 2.75) is 39.0 Å². The molecule has 9 heteroatoms. The number of nitrogens with zero attached hydrogens (tertiary/aromatic N) is 4. The monoisotopic (exact) mass is 374 g/mol. The third-order valence-electron chi connectivity index (χ3n) is 4.45. The molecular formula is C18H23FN6O2. The molecule has 0 aliphatic rings. The van der Waals surface area contributed by atoms with Gasteiger partial charge in [-0.25, -0.2) is 9.37 Å². The van der Waals surface area contributed by atoms with Gasteiger partial charge in [0, 0.05) is 19.2 Å². The van der Waals surface area contributed by atoms with Crippen LogP contribution >= 0.6 is 0 Å². The highest BCUT2D eigenvalue weighted by Crippen LogP contribution is 2.24. The Kier molecular flexibility index (Phi) is 4.88. The highest BCUT2D eigenvalue weighted by Gasteiger charge is 2.23. The normalized spacial score (nSPS) is 13.0. The number of imidazole rings is 1. The first-order valence-corrected chi connectivity index (χ1v) is 8.54. The van der Waals surface area contributed by atoms with Gasteiger partial charge >= 0.3 is 0 Å². The number of anilines is 2. The van der Waals surface area contributed by atoms with E-state index in [4.69, 9.17) is 0 Å². The van der Waals surface area contributed by atoms with Crippen LogP contribution in [-0.2, 0) is 13.6 Å². The Balaban J connectivity index is 1.92. The number of rotatable bonds is 6. The second-order valence-electron chi connectivity index (χ2n) is 7.07. The van der Waals surface area contributed by atoms with Crippen molar-refractivity contribution in [1.82, 2.24) is 19.5 Å². The Labute approximate surface area is 156 Å². The Morgan fingerprint density at radius 2 is 2.04 bits per heavy atom. The number of hydrogen-bond donors (Lipinski definition) is 4. The fourth-order valence-corrected chi connectivity index (χ4v) is 2.44. The summed E-state index contributed by atoms with van der Waals surface area (Å²) in [7, 11) is 1.81. The maximum absolute atomic E-state index is 13.4. The van der Waals surface area contributed by atoms with E-state index in [1.165, 1.54) is 18.2 Å². The summed E-state index contributed by atoms with van der Waals surface area (Å²) in [4.78, 5) is 13.2. The summed E-state index contributed by atoms with van der Waals surface area (Å²) < 4.78 is 15.2. The number of aromatic nitrogens is 4. The molecule has 0 fully saturated rings. The van der Waals surface area contributed by atoms with Gasteiger partial charge in [-0.3, -0.25) is 0 Å². The number of halogens is 1. The second kappa shape index (κ2) is 6.99. The molecule has 0 bridgehead atoms. The summed E-state index contributed by atoms with van der Waals surface area (Å²) >= 11 is 0. The number of fused-ring (bicyclic) bond motifs is 1. The molecule has 1 aromatic carbocycles. The van der Waals surface area contributed by atoms with Crippen LogP contribution in [0.5, 0.6) is 5.75 Å².